The van der Waals surface area contributed by atoms with Gasteiger partial charge in [-0.3, -0.25) is 9.59 Å². The molecule has 0 radical (unpaired) electrons. The van der Waals surface area contributed by atoms with E-state index in [1.54, 1.807) is 28.6 Å². The van der Waals surface area contributed by atoms with Gasteiger partial charge in [-0.1, -0.05) is 12.1 Å². The summed E-state index contributed by atoms with van der Waals surface area (Å²) in [6.45, 7) is 1.82. The number of hydrogen-bond donors (Lipinski definition) is 0. The zero-order chi connectivity index (χ0) is 17.6. The fourth-order valence-electron chi connectivity index (χ4n) is 3.21. The van der Waals surface area contributed by atoms with Crippen molar-refractivity contribution in [1.82, 2.24) is 14.3 Å². The van der Waals surface area contributed by atoms with Crippen LogP contribution in [0, 0.1) is 6.92 Å². The molecule has 1 aromatic carbocycles. The van der Waals surface area contributed by atoms with E-state index in [2.05, 4.69) is 5.10 Å². The molecule has 126 valence electrons. The Morgan fingerprint density at radius 1 is 1.20 bits per heavy atom. The summed E-state index contributed by atoms with van der Waals surface area (Å²) in [6, 6.07) is 11.3. The summed E-state index contributed by atoms with van der Waals surface area (Å²) in [6.07, 6.45) is 3.74. The number of benzene rings is 1. The maximum atomic E-state index is 12.7. The quantitative estimate of drug-likeness (QED) is 0.674. The van der Waals surface area contributed by atoms with Crippen molar-refractivity contribution in [1.29, 1.82) is 0 Å². The molecule has 3 aromatic rings. The van der Waals surface area contributed by atoms with E-state index in [0.29, 0.717) is 11.3 Å². The highest BCUT2D eigenvalue weighted by Gasteiger charge is 2.32. The lowest BCUT2D eigenvalue weighted by Crippen LogP contribution is -2.31. The molecule has 3 heterocycles. The van der Waals surface area contributed by atoms with Gasteiger partial charge < -0.3 is 9.30 Å². The molecule has 0 saturated carbocycles. The van der Waals surface area contributed by atoms with Crippen molar-refractivity contribution in [3.63, 3.8) is 0 Å². The number of aryl methyl sites for hydroxylation is 1. The van der Waals surface area contributed by atoms with Crippen LogP contribution in [-0.4, -0.2) is 20.3 Å². The van der Waals surface area contributed by atoms with Gasteiger partial charge in [0.15, 0.2) is 0 Å². The van der Waals surface area contributed by atoms with Crippen LogP contribution in [-0.2, 0) is 11.8 Å². The van der Waals surface area contributed by atoms with Gasteiger partial charge in [-0.2, -0.15) is 5.10 Å². The molecule has 4 rings (SSSR count). The van der Waals surface area contributed by atoms with Gasteiger partial charge in [0.1, 0.15) is 5.75 Å². The van der Waals surface area contributed by atoms with Crippen molar-refractivity contribution in [3.05, 3.63) is 76.0 Å². The molecule has 0 unspecified atom stereocenters. The second kappa shape index (κ2) is 5.73. The maximum absolute atomic E-state index is 12.7. The fraction of sp³-hybridized carbons (Fsp3) is 0.211. The number of aromatic nitrogens is 3. The number of esters is 1. The minimum Gasteiger partial charge on any atom is -0.426 e. The van der Waals surface area contributed by atoms with Gasteiger partial charge in [-0.05, 0) is 30.7 Å². The van der Waals surface area contributed by atoms with Crippen molar-refractivity contribution in [3.8, 4) is 11.4 Å². The second-order valence-electron chi connectivity index (χ2n) is 6.20. The predicted octanol–water partition coefficient (Wildman–Crippen LogP) is 2.32. The average Bonchev–Trinajstić information content (AvgIpc) is 3.14. The first-order valence-corrected chi connectivity index (χ1v) is 8.06. The number of rotatable bonds is 2. The Hall–Kier alpha value is -3.15. The van der Waals surface area contributed by atoms with Gasteiger partial charge in [0.25, 0.3) is 5.56 Å². The predicted molar refractivity (Wildman–Crippen MR) is 92.1 cm³/mol. The molecule has 0 N–H and O–H groups in total. The third kappa shape index (κ3) is 2.55. The molecule has 0 spiro atoms. The van der Waals surface area contributed by atoms with Gasteiger partial charge in [-0.25, -0.2) is 4.68 Å². The molecule has 0 aliphatic carbocycles. The van der Waals surface area contributed by atoms with Crippen LogP contribution in [0.15, 0.2) is 53.6 Å². The van der Waals surface area contributed by atoms with Crippen LogP contribution in [0.4, 0.5) is 0 Å². The maximum Gasteiger partial charge on any atom is 0.312 e. The van der Waals surface area contributed by atoms with Gasteiger partial charge in [0.05, 0.1) is 17.7 Å². The second-order valence-corrected chi connectivity index (χ2v) is 6.20. The summed E-state index contributed by atoms with van der Waals surface area (Å²) >= 11 is 0. The third-order valence-electron chi connectivity index (χ3n) is 4.68. The Morgan fingerprint density at radius 2 is 1.96 bits per heavy atom. The Bertz CT molecular complexity index is 1000. The lowest BCUT2D eigenvalue weighted by atomic mass is 9.87. The van der Waals surface area contributed by atoms with Gasteiger partial charge in [-0.15, -0.1) is 0 Å². The molecular formula is C19H17N3O3. The lowest BCUT2D eigenvalue weighted by Gasteiger charge is -2.25. The normalized spacial score (nSPS) is 16.4. The number of pyridine rings is 1. The highest BCUT2D eigenvalue weighted by atomic mass is 16.5. The van der Waals surface area contributed by atoms with Gasteiger partial charge >= 0.3 is 5.97 Å². The summed E-state index contributed by atoms with van der Waals surface area (Å²) in [5.74, 6) is -0.249. The Kier molecular flexibility index (Phi) is 3.53. The van der Waals surface area contributed by atoms with Crippen molar-refractivity contribution >= 4 is 5.97 Å². The molecule has 0 fully saturated rings. The minimum absolute atomic E-state index is 0.122. The molecule has 1 aliphatic rings. The number of hydrogen-bond acceptors (Lipinski definition) is 4. The fourth-order valence-corrected chi connectivity index (χ4v) is 3.21. The SMILES string of the molecule is Cc1cc2c(c(=O)n1C)[C@H](c1ccc(-n3cccn3)cc1)CC(=O)O2. The average molecular weight is 335 g/mol. The number of carbonyl (C=O) groups excluding carboxylic acids is 1. The summed E-state index contributed by atoms with van der Waals surface area (Å²) in [7, 11) is 1.73. The molecule has 0 saturated heterocycles. The standard InChI is InChI=1S/C19H17N3O3/c1-12-10-16-18(19(24)21(12)2)15(11-17(23)25-16)13-4-6-14(7-5-13)22-9-3-8-20-22/h3-10,15H,11H2,1-2H3/t15-/m0/s1. The van der Waals surface area contributed by atoms with E-state index in [1.807, 2.05) is 43.5 Å². The van der Waals surface area contributed by atoms with Crippen LogP contribution < -0.4 is 10.3 Å². The minimum atomic E-state index is -0.318. The topological polar surface area (TPSA) is 66.1 Å². The van der Waals surface area contributed by atoms with Crippen molar-refractivity contribution in [2.45, 2.75) is 19.3 Å². The zero-order valence-corrected chi connectivity index (χ0v) is 14.0. The van der Waals surface area contributed by atoms with Crippen molar-refractivity contribution in [2.24, 2.45) is 7.05 Å². The number of carbonyl (C=O) groups is 1. The molecule has 25 heavy (non-hydrogen) atoms. The summed E-state index contributed by atoms with van der Waals surface area (Å²) in [4.78, 5) is 24.8. The Labute approximate surface area is 144 Å². The van der Waals surface area contributed by atoms with E-state index in [4.69, 9.17) is 4.74 Å². The summed E-state index contributed by atoms with van der Waals surface area (Å²) < 4.78 is 8.66. The molecule has 6 heteroatoms. The smallest absolute Gasteiger partial charge is 0.312 e. The van der Waals surface area contributed by atoms with Crippen molar-refractivity contribution < 1.29 is 9.53 Å². The monoisotopic (exact) mass is 335 g/mol. The Morgan fingerprint density at radius 3 is 2.64 bits per heavy atom. The van der Waals surface area contributed by atoms with Crippen LogP contribution in [0.1, 0.15) is 29.2 Å². The van der Waals surface area contributed by atoms with Crippen LogP contribution >= 0.6 is 0 Å². The first-order chi connectivity index (χ1) is 12.0. The van der Waals surface area contributed by atoms with E-state index < -0.39 is 0 Å². The summed E-state index contributed by atoms with van der Waals surface area (Å²) in [5, 5.41) is 4.20. The zero-order valence-electron chi connectivity index (χ0n) is 14.0. The molecule has 1 atom stereocenters. The van der Waals surface area contributed by atoms with E-state index >= 15 is 0 Å². The first kappa shape index (κ1) is 15.4. The number of ether oxygens (including phenoxy) is 1. The molecular weight excluding hydrogens is 318 g/mol. The van der Waals surface area contributed by atoms with E-state index in [9.17, 15) is 9.59 Å². The molecule has 6 nitrogen and oxygen atoms in total. The first-order valence-electron chi connectivity index (χ1n) is 8.06. The number of fused-ring (bicyclic) bond motifs is 1. The molecule has 0 amide bonds. The number of nitrogens with zero attached hydrogens (tertiary/aromatic N) is 3. The van der Waals surface area contributed by atoms with Crippen LogP contribution in [0.25, 0.3) is 5.69 Å². The molecule has 1 aliphatic heterocycles. The van der Waals surface area contributed by atoms with E-state index in [1.165, 1.54) is 0 Å². The van der Waals surface area contributed by atoms with Crippen molar-refractivity contribution in [2.75, 3.05) is 0 Å². The van der Waals surface area contributed by atoms with Crippen LogP contribution in [0.3, 0.4) is 0 Å². The summed E-state index contributed by atoms with van der Waals surface area (Å²) in [5.41, 5.74) is 3.01. The molecule has 2 aromatic heterocycles. The largest absolute Gasteiger partial charge is 0.426 e. The third-order valence-corrected chi connectivity index (χ3v) is 4.68. The lowest BCUT2D eigenvalue weighted by molar-refractivity contribution is -0.135. The van der Waals surface area contributed by atoms with Crippen LogP contribution in [0.2, 0.25) is 0 Å². The van der Waals surface area contributed by atoms with E-state index in [-0.39, 0.29) is 23.9 Å². The van der Waals surface area contributed by atoms with Gasteiger partial charge in [0, 0.05) is 37.1 Å². The highest BCUT2D eigenvalue weighted by Crippen LogP contribution is 2.37. The van der Waals surface area contributed by atoms with E-state index in [0.717, 1.165) is 16.9 Å². The Balaban J connectivity index is 1.80. The molecule has 0 bridgehead atoms. The highest BCUT2D eigenvalue weighted by molar-refractivity contribution is 5.77. The van der Waals surface area contributed by atoms with Crippen LogP contribution in [0.5, 0.6) is 5.75 Å². The van der Waals surface area contributed by atoms with Gasteiger partial charge in [0.2, 0.25) is 0 Å².